The normalized spacial score (nSPS) is 15.6. The fraction of sp³-hybridized carbons (Fsp3) is 0.545. The Balaban J connectivity index is 2.02. The van der Waals surface area contributed by atoms with Crippen molar-refractivity contribution in [2.75, 3.05) is 40.0 Å². The van der Waals surface area contributed by atoms with Gasteiger partial charge in [-0.05, 0) is 30.8 Å². The van der Waals surface area contributed by atoms with Crippen LogP contribution in [0.25, 0.3) is 0 Å². The van der Waals surface area contributed by atoms with Crippen molar-refractivity contribution < 1.29 is 28.6 Å². The Morgan fingerprint density at radius 3 is 2.75 bits per heavy atom. The molecule has 1 aliphatic heterocycles. The molecular weight excluding hydrogens is 434 g/mol. The van der Waals surface area contributed by atoms with Crippen LogP contribution in [0.5, 0.6) is 5.75 Å². The van der Waals surface area contributed by atoms with Crippen LogP contribution in [-0.4, -0.2) is 73.9 Å². The zero-order valence-corrected chi connectivity index (χ0v) is 19.4. The lowest BCUT2D eigenvalue weighted by molar-refractivity contribution is -0.148. The number of carbonyl (C=O) groups is 3. The first-order chi connectivity index (χ1) is 15.5. The average Bonchev–Trinajstić information content (AvgIpc) is 2.78. The van der Waals surface area contributed by atoms with Crippen LogP contribution in [0.2, 0.25) is 0 Å². The zero-order chi connectivity index (χ0) is 23.3. The number of piperazine rings is 1. The molecule has 0 aromatic heterocycles. The number of nitrogens with zero attached hydrogens (tertiary/aromatic N) is 1. The van der Waals surface area contributed by atoms with Crippen molar-refractivity contribution in [3.05, 3.63) is 29.8 Å². The number of hydrogen-bond acceptors (Lipinski definition) is 7. The lowest BCUT2D eigenvalue weighted by atomic mass is 10.1. The molecule has 10 heteroatoms. The number of para-hydroxylation sites is 1. The molecule has 1 fully saturated rings. The van der Waals surface area contributed by atoms with Crippen molar-refractivity contribution in [1.29, 1.82) is 0 Å². The second kappa shape index (κ2) is 13.6. The van der Waals surface area contributed by atoms with Crippen molar-refractivity contribution in [3.63, 3.8) is 0 Å². The molecule has 0 saturated carbocycles. The molecule has 1 aliphatic rings. The molecule has 1 aromatic rings. The first-order valence-corrected chi connectivity index (χ1v) is 11.1. The zero-order valence-electron chi connectivity index (χ0n) is 18.6. The van der Waals surface area contributed by atoms with Gasteiger partial charge in [-0.25, -0.2) is 0 Å². The lowest BCUT2D eigenvalue weighted by Gasteiger charge is -2.36. The lowest BCUT2D eigenvalue weighted by Crippen LogP contribution is -2.60. The van der Waals surface area contributed by atoms with Crippen LogP contribution in [0, 0.1) is 0 Å². The van der Waals surface area contributed by atoms with Gasteiger partial charge >= 0.3 is 5.97 Å². The number of esters is 1. The summed E-state index contributed by atoms with van der Waals surface area (Å²) in [7, 11) is 1.50. The number of amides is 2. The maximum atomic E-state index is 12.9. The molecule has 32 heavy (non-hydrogen) atoms. The van der Waals surface area contributed by atoms with Gasteiger partial charge in [0.2, 0.25) is 5.91 Å². The second-order valence-corrected chi connectivity index (χ2v) is 7.62. The summed E-state index contributed by atoms with van der Waals surface area (Å²) in [5.41, 5.74) is 0.350. The van der Waals surface area contributed by atoms with Crippen LogP contribution in [0.15, 0.2) is 24.3 Å². The van der Waals surface area contributed by atoms with E-state index in [1.54, 1.807) is 24.3 Å². The molecule has 176 valence electrons. The molecule has 0 spiro atoms. The van der Waals surface area contributed by atoms with Crippen LogP contribution >= 0.6 is 12.2 Å². The summed E-state index contributed by atoms with van der Waals surface area (Å²) in [6.45, 7) is 3.69. The molecule has 1 atom stereocenters. The summed E-state index contributed by atoms with van der Waals surface area (Å²) in [6, 6.07) is 6.05. The van der Waals surface area contributed by atoms with E-state index in [1.165, 1.54) is 12.0 Å². The summed E-state index contributed by atoms with van der Waals surface area (Å²) in [6.07, 6.45) is 2.83. The molecule has 2 rings (SSSR count). The number of hydrogen-bond donors (Lipinski definition) is 2. The van der Waals surface area contributed by atoms with Crippen molar-refractivity contribution in [2.24, 2.45) is 0 Å². The minimum atomic E-state index is -0.868. The standard InChI is InChI=1S/C22H31N3O6S/c1-3-4-7-12-30-18-9-6-5-8-16(18)20(27)24-22(32)25-11-10-23-21(28)17(25)15-19(26)31-14-13-29-2/h5-6,8-9,17H,3-4,7,10-15H2,1-2H3,(H,23,28)(H,24,27,32). The summed E-state index contributed by atoms with van der Waals surface area (Å²) < 4.78 is 15.7. The number of methoxy groups -OCH3 is 1. The van der Waals surface area contributed by atoms with Crippen LogP contribution < -0.4 is 15.4 Å². The van der Waals surface area contributed by atoms with Crippen molar-refractivity contribution in [3.8, 4) is 5.75 Å². The van der Waals surface area contributed by atoms with Gasteiger partial charge in [0.1, 0.15) is 18.4 Å². The van der Waals surface area contributed by atoms with E-state index in [9.17, 15) is 14.4 Å². The molecule has 2 amide bonds. The number of benzene rings is 1. The predicted octanol–water partition coefficient (Wildman–Crippen LogP) is 1.65. The molecule has 1 heterocycles. The van der Waals surface area contributed by atoms with E-state index in [0.717, 1.165) is 19.3 Å². The Morgan fingerprint density at radius 1 is 1.22 bits per heavy atom. The van der Waals surface area contributed by atoms with Crippen LogP contribution in [-0.2, 0) is 19.1 Å². The number of nitrogens with one attached hydrogen (secondary N) is 2. The molecular formula is C22H31N3O6S. The van der Waals surface area contributed by atoms with Gasteiger partial charge in [-0.3, -0.25) is 19.7 Å². The summed E-state index contributed by atoms with van der Waals surface area (Å²) in [4.78, 5) is 38.9. The monoisotopic (exact) mass is 465 g/mol. The quantitative estimate of drug-likeness (QED) is 0.289. The highest BCUT2D eigenvalue weighted by atomic mass is 32.1. The molecule has 1 unspecified atom stereocenters. The highest BCUT2D eigenvalue weighted by Gasteiger charge is 2.34. The van der Waals surface area contributed by atoms with Gasteiger partial charge in [-0.15, -0.1) is 0 Å². The van der Waals surface area contributed by atoms with Gasteiger partial charge in [-0.1, -0.05) is 31.9 Å². The minimum absolute atomic E-state index is 0.0697. The fourth-order valence-corrected chi connectivity index (χ4v) is 3.48. The topological polar surface area (TPSA) is 106 Å². The summed E-state index contributed by atoms with van der Waals surface area (Å²) >= 11 is 5.41. The highest BCUT2D eigenvalue weighted by molar-refractivity contribution is 7.80. The van der Waals surface area contributed by atoms with E-state index >= 15 is 0 Å². The molecule has 0 bridgehead atoms. The van der Waals surface area contributed by atoms with Crippen molar-refractivity contribution >= 4 is 35.1 Å². The van der Waals surface area contributed by atoms with E-state index in [1.807, 2.05) is 0 Å². The van der Waals surface area contributed by atoms with Gasteiger partial charge < -0.3 is 24.4 Å². The van der Waals surface area contributed by atoms with Crippen LogP contribution in [0.4, 0.5) is 0 Å². The Bertz CT molecular complexity index is 804. The largest absolute Gasteiger partial charge is 0.493 e. The van der Waals surface area contributed by atoms with E-state index in [2.05, 4.69) is 17.6 Å². The van der Waals surface area contributed by atoms with E-state index in [0.29, 0.717) is 31.0 Å². The molecule has 1 aromatic carbocycles. The maximum absolute atomic E-state index is 12.9. The van der Waals surface area contributed by atoms with Gasteiger partial charge in [0.15, 0.2) is 5.11 Å². The Labute approximate surface area is 193 Å². The fourth-order valence-electron chi connectivity index (χ4n) is 3.17. The number of unbranched alkanes of at least 4 members (excludes halogenated alkanes) is 2. The van der Waals surface area contributed by atoms with Gasteiger partial charge in [-0.2, -0.15) is 0 Å². The SMILES string of the molecule is CCCCCOc1ccccc1C(=O)NC(=S)N1CCNC(=O)C1CC(=O)OCCOC. The minimum Gasteiger partial charge on any atom is -0.493 e. The smallest absolute Gasteiger partial charge is 0.308 e. The number of ether oxygens (including phenoxy) is 3. The van der Waals surface area contributed by atoms with Crippen LogP contribution in [0.3, 0.4) is 0 Å². The summed E-state index contributed by atoms with van der Waals surface area (Å²) in [5.74, 6) is -0.864. The molecule has 0 radical (unpaired) electrons. The third-order valence-electron chi connectivity index (χ3n) is 4.86. The third-order valence-corrected chi connectivity index (χ3v) is 5.20. The third kappa shape index (κ3) is 7.76. The van der Waals surface area contributed by atoms with Gasteiger partial charge in [0.25, 0.3) is 5.91 Å². The van der Waals surface area contributed by atoms with E-state index in [4.69, 9.17) is 26.4 Å². The predicted molar refractivity (Wildman–Crippen MR) is 122 cm³/mol. The number of rotatable bonds is 11. The molecule has 9 nitrogen and oxygen atoms in total. The molecule has 1 saturated heterocycles. The number of carbonyl (C=O) groups excluding carboxylic acids is 3. The highest BCUT2D eigenvalue weighted by Crippen LogP contribution is 2.19. The maximum Gasteiger partial charge on any atom is 0.308 e. The summed E-state index contributed by atoms with van der Waals surface area (Å²) in [5, 5.41) is 5.45. The van der Waals surface area contributed by atoms with Gasteiger partial charge in [0.05, 0.1) is 25.2 Å². The first kappa shape index (κ1) is 25.5. The van der Waals surface area contributed by atoms with E-state index < -0.39 is 17.9 Å². The van der Waals surface area contributed by atoms with E-state index in [-0.39, 0.29) is 30.7 Å². The first-order valence-electron chi connectivity index (χ1n) is 10.7. The number of thiocarbonyl (C=S) groups is 1. The van der Waals surface area contributed by atoms with Gasteiger partial charge in [0, 0.05) is 20.2 Å². The second-order valence-electron chi connectivity index (χ2n) is 7.23. The Hall–Kier alpha value is -2.72. The average molecular weight is 466 g/mol. The molecule has 0 aliphatic carbocycles. The van der Waals surface area contributed by atoms with Crippen LogP contribution in [0.1, 0.15) is 43.0 Å². The van der Waals surface area contributed by atoms with Crippen molar-refractivity contribution in [1.82, 2.24) is 15.5 Å². The van der Waals surface area contributed by atoms with Crippen molar-refractivity contribution in [2.45, 2.75) is 38.6 Å². The Morgan fingerprint density at radius 2 is 2.00 bits per heavy atom. The Kier molecular flexibility index (Phi) is 10.9. The molecule has 2 N–H and O–H groups in total.